The van der Waals surface area contributed by atoms with Crippen molar-refractivity contribution in [2.75, 3.05) is 7.11 Å². The number of ether oxygens (including phenoxy) is 2. The molecule has 0 radical (unpaired) electrons. The summed E-state index contributed by atoms with van der Waals surface area (Å²) >= 11 is 0. The fourth-order valence-electron chi connectivity index (χ4n) is 5.01. The van der Waals surface area contributed by atoms with Gasteiger partial charge in [-0.3, -0.25) is 0 Å². The van der Waals surface area contributed by atoms with E-state index >= 15 is 0 Å². The third-order valence-corrected chi connectivity index (χ3v) is 6.90. The molecule has 1 aromatic carbocycles. The number of carbonyl (C=O) groups excluding carboxylic acids is 1. The van der Waals surface area contributed by atoms with Crippen molar-refractivity contribution in [2.24, 2.45) is 17.3 Å². The maximum Gasteiger partial charge on any atom is 0.338 e. The summed E-state index contributed by atoms with van der Waals surface area (Å²) in [5, 5.41) is 22.4. The van der Waals surface area contributed by atoms with Gasteiger partial charge in [0.15, 0.2) is 0 Å². The lowest BCUT2D eigenvalue weighted by atomic mass is 9.67. The maximum absolute atomic E-state index is 12.9. The summed E-state index contributed by atoms with van der Waals surface area (Å²) in [6.07, 6.45) is 2.50. The van der Waals surface area contributed by atoms with Crippen molar-refractivity contribution >= 4 is 5.97 Å². The molecule has 0 unspecified atom stereocenters. The zero-order valence-corrected chi connectivity index (χ0v) is 17.4. The second-order valence-electron chi connectivity index (χ2n) is 8.98. The first-order valence-electron chi connectivity index (χ1n) is 10.0. The molecule has 3 rings (SSSR count). The van der Waals surface area contributed by atoms with E-state index in [1.807, 2.05) is 27.7 Å². The third-order valence-electron chi connectivity index (χ3n) is 6.90. The second-order valence-corrected chi connectivity index (χ2v) is 8.98. The van der Waals surface area contributed by atoms with E-state index in [1.165, 1.54) is 0 Å². The van der Waals surface area contributed by atoms with Crippen LogP contribution in [0.4, 0.5) is 0 Å². The van der Waals surface area contributed by atoms with Gasteiger partial charge in [0.1, 0.15) is 11.9 Å². The van der Waals surface area contributed by atoms with Crippen molar-refractivity contribution < 1.29 is 24.5 Å². The van der Waals surface area contributed by atoms with Crippen LogP contribution in [0.3, 0.4) is 0 Å². The summed E-state index contributed by atoms with van der Waals surface area (Å²) in [4.78, 5) is 12.9. The van der Waals surface area contributed by atoms with Gasteiger partial charge in [0, 0.05) is 24.2 Å². The number of aliphatic hydroxyl groups excluding tert-OH is 1. The van der Waals surface area contributed by atoms with E-state index in [9.17, 15) is 15.0 Å². The predicted molar refractivity (Wildman–Crippen MR) is 107 cm³/mol. The summed E-state index contributed by atoms with van der Waals surface area (Å²) in [5.41, 5.74) is -0.0690. The van der Waals surface area contributed by atoms with E-state index in [0.717, 1.165) is 5.57 Å². The van der Waals surface area contributed by atoms with Gasteiger partial charge in [0.05, 0.1) is 24.4 Å². The quantitative estimate of drug-likeness (QED) is 0.607. The predicted octanol–water partition coefficient (Wildman–Crippen LogP) is 3.73. The number of rotatable bonds is 4. The molecule has 2 aliphatic carbocycles. The Hall–Kier alpha value is -1.85. The third kappa shape index (κ3) is 3.46. The number of carbonyl (C=O) groups is 1. The van der Waals surface area contributed by atoms with E-state index < -0.39 is 29.2 Å². The molecule has 1 aromatic rings. The highest BCUT2D eigenvalue weighted by Gasteiger charge is 2.63. The lowest BCUT2D eigenvalue weighted by Crippen LogP contribution is -2.50. The first-order chi connectivity index (χ1) is 13.1. The van der Waals surface area contributed by atoms with Crippen molar-refractivity contribution in [3.63, 3.8) is 0 Å². The zero-order chi connectivity index (χ0) is 20.7. The minimum absolute atomic E-state index is 0.0606. The number of esters is 1. The Bertz CT molecular complexity index is 753. The molecule has 1 saturated carbocycles. The van der Waals surface area contributed by atoms with Crippen LogP contribution in [-0.2, 0) is 4.74 Å². The Labute approximate surface area is 167 Å². The number of allylic oxidation sites excluding steroid dienone is 1. The molecule has 0 spiro atoms. The highest BCUT2D eigenvalue weighted by molar-refractivity contribution is 5.89. The maximum atomic E-state index is 12.9. The number of methoxy groups -OCH3 is 1. The molecule has 0 aliphatic heterocycles. The molecule has 0 amide bonds. The molecule has 0 bridgehead atoms. The summed E-state index contributed by atoms with van der Waals surface area (Å²) in [5.74, 6) is -0.150. The van der Waals surface area contributed by atoms with Crippen LogP contribution in [0.1, 0.15) is 57.3 Å². The smallest absolute Gasteiger partial charge is 0.338 e. The number of hydrogen-bond acceptors (Lipinski definition) is 5. The molecule has 28 heavy (non-hydrogen) atoms. The zero-order valence-electron chi connectivity index (χ0n) is 17.4. The minimum Gasteiger partial charge on any atom is -0.497 e. The van der Waals surface area contributed by atoms with Crippen molar-refractivity contribution in [1.82, 2.24) is 0 Å². The van der Waals surface area contributed by atoms with Gasteiger partial charge in [-0.15, -0.1) is 0 Å². The Morgan fingerprint density at radius 2 is 1.89 bits per heavy atom. The molecule has 2 aliphatic rings. The Balaban J connectivity index is 1.94. The highest BCUT2D eigenvalue weighted by Crippen LogP contribution is 2.58. The number of hydrogen-bond donors (Lipinski definition) is 2. The molecule has 5 atom stereocenters. The average Bonchev–Trinajstić information content (AvgIpc) is 2.76. The van der Waals surface area contributed by atoms with Crippen LogP contribution < -0.4 is 4.74 Å². The van der Waals surface area contributed by atoms with E-state index in [-0.39, 0.29) is 11.8 Å². The molecule has 0 saturated heterocycles. The van der Waals surface area contributed by atoms with E-state index in [1.54, 1.807) is 31.4 Å². The van der Waals surface area contributed by atoms with Crippen molar-refractivity contribution in [3.05, 3.63) is 41.5 Å². The largest absolute Gasteiger partial charge is 0.497 e. The molecular weight excluding hydrogens is 356 g/mol. The monoisotopic (exact) mass is 388 g/mol. The average molecular weight is 389 g/mol. The summed E-state index contributed by atoms with van der Waals surface area (Å²) in [6, 6.07) is 6.81. The fraction of sp³-hybridized carbons (Fsp3) is 0.609. The Kier molecular flexibility index (Phi) is 5.61. The standard InChI is InChI=1S/C23H32O5/c1-14(2)23(26)13-19(24)22(4)11-10-15(3)12-18(20(22)23)28-21(25)16-6-8-17(27-5)9-7-16/h6-10,14,18-20,24,26H,11-13H2,1-5H3/t18-,19+,20+,22-,23+/m0/s1. The van der Waals surface area contributed by atoms with Gasteiger partial charge in [-0.2, -0.15) is 0 Å². The summed E-state index contributed by atoms with van der Waals surface area (Å²) in [6.45, 7) is 7.95. The fourth-order valence-corrected chi connectivity index (χ4v) is 5.01. The van der Waals surface area contributed by atoms with Crippen molar-refractivity contribution in [1.29, 1.82) is 0 Å². The van der Waals surface area contributed by atoms with Crippen LogP contribution in [0.5, 0.6) is 5.75 Å². The van der Waals surface area contributed by atoms with Crippen LogP contribution in [0.25, 0.3) is 0 Å². The molecular formula is C23H32O5. The summed E-state index contributed by atoms with van der Waals surface area (Å²) < 4.78 is 11.1. The van der Waals surface area contributed by atoms with Crippen LogP contribution in [0, 0.1) is 17.3 Å². The van der Waals surface area contributed by atoms with Gasteiger partial charge in [-0.1, -0.05) is 32.4 Å². The van der Waals surface area contributed by atoms with Crippen molar-refractivity contribution in [3.8, 4) is 5.75 Å². The van der Waals surface area contributed by atoms with E-state index in [0.29, 0.717) is 30.6 Å². The molecule has 5 heteroatoms. The second kappa shape index (κ2) is 7.53. The lowest BCUT2D eigenvalue weighted by Gasteiger charge is -2.43. The SMILES string of the molecule is COc1ccc(C(=O)O[C@H]2CC(C)=CC[C@@]3(C)[C@H](O)C[C@@](O)(C(C)C)[C@H]23)cc1. The van der Waals surface area contributed by atoms with E-state index in [4.69, 9.17) is 9.47 Å². The minimum atomic E-state index is -1.09. The van der Waals surface area contributed by atoms with Gasteiger partial charge in [-0.25, -0.2) is 4.79 Å². The highest BCUT2D eigenvalue weighted by atomic mass is 16.5. The molecule has 5 nitrogen and oxygen atoms in total. The first kappa shape index (κ1) is 20.9. The molecule has 0 heterocycles. The normalized spacial score (nSPS) is 35.1. The Morgan fingerprint density at radius 1 is 1.25 bits per heavy atom. The van der Waals surface area contributed by atoms with Gasteiger partial charge < -0.3 is 19.7 Å². The van der Waals surface area contributed by atoms with Crippen LogP contribution in [0.15, 0.2) is 35.9 Å². The van der Waals surface area contributed by atoms with Crippen molar-refractivity contribution in [2.45, 2.75) is 64.8 Å². The van der Waals surface area contributed by atoms with Crippen LogP contribution in [-0.4, -0.2) is 41.1 Å². The molecule has 2 N–H and O–H groups in total. The van der Waals surface area contributed by atoms with Gasteiger partial charge >= 0.3 is 5.97 Å². The van der Waals surface area contributed by atoms with Crippen LogP contribution >= 0.6 is 0 Å². The van der Waals surface area contributed by atoms with E-state index in [2.05, 4.69) is 6.08 Å². The number of fused-ring (bicyclic) bond motifs is 1. The molecule has 1 fully saturated rings. The molecule has 0 aromatic heterocycles. The Morgan fingerprint density at radius 3 is 2.46 bits per heavy atom. The van der Waals surface area contributed by atoms with Crippen LogP contribution in [0.2, 0.25) is 0 Å². The topological polar surface area (TPSA) is 76.0 Å². The number of aliphatic hydroxyl groups is 2. The summed E-state index contributed by atoms with van der Waals surface area (Å²) in [7, 11) is 1.58. The van der Waals surface area contributed by atoms with Gasteiger partial charge in [-0.05, 0) is 43.5 Å². The molecule has 154 valence electrons. The number of benzene rings is 1. The first-order valence-corrected chi connectivity index (χ1v) is 10.0. The lowest BCUT2D eigenvalue weighted by molar-refractivity contribution is -0.113. The van der Waals surface area contributed by atoms with Gasteiger partial charge in [0.2, 0.25) is 0 Å². The van der Waals surface area contributed by atoms with Gasteiger partial charge in [0.25, 0.3) is 0 Å².